The zero-order valence-corrected chi connectivity index (χ0v) is 29.4. The fourth-order valence-electron chi connectivity index (χ4n) is 7.57. The van der Waals surface area contributed by atoms with Gasteiger partial charge in [0.15, 0.2) is 0 Å². The van der Waals surface area contributed by atoms with E-state index in [0.29, 0.717) is 30.4 Å². The number of carbonyl (C=O) groups is 2. The minimum Gasteiger partial charge on any atom is -0.487 e. The summed E-state index contributed by atoms with van der Waals surface area (Å²) in [5.74, 6) is -1.15. The van der Waals surface area contributed by atoms with Gasteiger partial charge in [-0.3, -0.25) is 0 Å². The molecular weight excluding hydrogens is 644 g/mol. The SMILES string of the molecule is Cc1c(C)c(S(=O)(=O)/N=C(\N)N2CCC([C@H](NC(=O)OCC3c4ccccc4-c4ccccc43)C(=O)O)CC2)c(C)c2c1OC(C)(C)CC2. The van der Waals surface area contributed by atoms with Gasteiger partial charge >= 0.3 is 12.1 Å². The molecule has 0 bridgehead atoms. The topological polar surface area (TPSA) is 161 Å². The summed E-state index contributed by atoms with van der Waals surface area (Å²) in [5, 5.41) is 12.6. The molecule has 49 heavy (non-hydrogen) atoms. The maximum Gasteiger partial charge on any atom is 0.407 e. The van der Waals surface area contributed by atoms with Crippen LogP contribution in [0.4, 0.5) is 4.79 Å². The first-order valence-electron chi connectivity index (χ1n) is 16.7. The standard InChI is InChI=1S/C37H44N4O7S/c1-21-22(2)33(23(3)25-14-17-37(4,5)48-32(21)25)49(45,46)40-35(38)41-18-15-24(16-19-41)31(34(42)43)39-36(44)47-20-30-28-12-8-6-10-26(28)27-11-7-9-13-29(27)30/h6-13,24,30-31H,14-20H2,1-5H3,(H2,38,40)(H,39,44)(H,42,43)/t31-/m0/s1. The number of piperidine rings is 1. The average Bonchev–Trinajstić information content (AvgIpc) is 3.38. The average molecular weight is 689 g/mol. The molecule has 0 saturated carbocycles. The van der Waals surface area contributed by atoms with Crippen molar-refractivity contribution in [2.24, 2.45) is 16.0 Å². The molecule has 2 aliphatic heterocycles. The summed E-state index contributed by atoms with van der Waals surface area (Å²) in [7, 11) is -4.17. The number of fused-ring (bicyclic) bond motifs is 4. The number of likely N-dealkylation sites (tertiary alicyclic amines) is 1. The lowest BCUT2D eigenvalue weighted by atomic mass is 9.88. The fourth-order valence-corrected chi connectivity index (χ4v) is 9.07. The highest BCUT2D eigenvalue weighted by Crippen LogP contribution is 2.45. The highest BCUT2D eigenvalue weighted by Gasteiger charge is 2.36. The van der Waals surface area contributed by atoms with Crippen molar-refractivity contribution in [3.8, 4) is 16.9 Å². The number of aliphatic carboxylic acids is 1. The van der Waals surface area contributed by atoms with E-state index in [1.54, 1.807) is 18.7 Å². The molecule has 3 aromatic carbocycles. The van der Waals surface area contributed by atoms with Gasteiger partial charge < -0.3 is 30.5 Å². The van der Waals surface area contributed by atoms with E-state index in [1.807, 2.05) is 69.3 Å². The van der Waals surface area contributed by atoms with Crippen LogP contribution in [-0.4, -0.2) is 67.8 Å². The molecule has 1 saturated heterocycles. The van der Waals surface area contributed by atoms with Crippen molar-refractivity contribution in [1.82, 2.24) is 10.2 Å². The Morgan fingerprint density at radius 2 is 1.61 bits per heavy atom. The summed E-state index contributed by atoms with van der Waals surface area (Å²) in [6, 6.07) is 14.8. The summed E-state index contributed by atoms with van der Waals surface area (Å²) < 4.78 is 43.3. The number of carbonyl (C=O) groups excluding carboxylic acids is 1. The molecule has 11 nitrogen and oxygen atoms in total. The quantitative estimate of drug-likeness (QED) is 0.217. The molecule has 1 amide bonds. The largest absolute Gasteiger partial charge is 0.487 e. The number of carboxylic acid groups (broad SMARTS) is 1. The maximum atomic E-state index is 13.7. The van der Waals surface area contributed by atoms with Gasteiger partial charge in [0.25, 0.3) is 10.0 Å². The fraction of sp³-hybridized carbons (Fsp3) is 0.432. The Morgan fingerprint density at radius 1 is 1.02 bits per heavy atom. The summed E-state index contributed by atoms with van der Waals surface area (Å²) in [4.78, 5) is 27.0. The molecule has 12 heteroatoms. The van der Waals surface area contributed by atoms with Crippen molar-refractivity contribution < 1.29 is 32.6 Å². The van der Waals surface area contributed by atoms with E-state index in [1.165, 1.54) is 0 Å². The van der Waals surface area contributed by atoms with Crippen LogP contribution in [0.2, 0.25) is 0 Å². The van der Waals surface area contributed by atoms with Crippen molar-refractivity contribution in [2.75, 3.05) is 19.7 Å². The van der Waals surface area contributed by atoms with E-state index in [0.717, 1.165) is 45.6 Å². The van der Waals surface area contributed by atoms with E-state index in [4.69, 9.17) is 15.2 Å². The van der Waals surface area contributed by atoms with E-state index in [9.17, 15) is 23.1 Å². The summed E-state index contributed by atoms with van der Waals surface area (Å²) >= 11 is 0. The number of nitrogens with two attached hydrogens (primary N) is 1. The summed E-state index contributed by atoms with van der Waals surface area (Å²) in [6.07, 6.45) is 1.35. The van der Waals surface area contributed by atoms with Crippen LogP contribution in [0, 0.1) is 26.7 Å². The van der Waals surface area contributed by atoms with Crippen LogP contribution in [0.3, 0.4) is 0 Å². The number of guanidine groups is 1. The van der Waals surface area contributed by atoms with Gasteiger partial charge in [-0.25, -0.2) is 9.59 Å². The van der Waals surface area contributed by atoms with Crippen molar-refractivity contribution in [2.45, 2.75) is 82.8 Å². The third kappa shape index (κ3) is 6.58. The molecule has 0 radical (unpaired) electrons. The van der Waals surface area contributed by atoms with Crippen LogP contribution >= 0.6 is 0 Å². The van der Waals surface area contributed by atoms with E-state index in [2.05, 4.69) is 9.71 Å². The predicted octanol–water partition coefficient (Wildman–Crippen LogP) is 5.42. The second-order valence-corrected chi connectivity index (χ2v) is 15.4. The highest BCUT2D eigenvalue weighted by atomic mass is 32.2. The first kappa shape index (κ1) is 34.3. The van der Waals surface area contributed by atoms with E-state index in [-0.39, 0.29) is 42.1 Å². The molecule has 1 aliphatic carbocycles. The van der Waals surface area contributed by atoms with Gasteiger partial charge in [-0.1, -0.05) is 48.5 Å². The molecule has 3 aliphatic rings. The van der Waals surface area contributed by atoms with Crippen molar-refractivity contribution in [3.05, 3.63) is 81.9 Å². The normalized spacial score (nSPS) is 18.1. The van der Waals surface area contributed by atoms with Gasteiger partial charge in [-0.15, -0.1) is 4.40 Å². The number of rotatable bonds is 7. The van der Waals surface area contributed by atoms with Crippen molar-refractivity contribution >= 4 is 28.0 Å². The molecule has 0 spiro atoms. The second-order valence-electron chi connectivity index (χ2n) is 13.9. The lowest BCUT2D eigenvalue weighted by Gasteiger charge is -2.36. The first-order chi connectivity index (χ1) is 23.2. The van der Waals surface area contributed by atoms with Gasteiger partial charge in [0.05, 0.1) is 4.90 Å². The minimum absolute atomic E-state index is 0.0693. The molecule has 1 fully saturated rings. The maximum absolute atomic E-state index is 13.7. The number of ether oxygens (including phenoxy) is 2. The van der Waals surface area contributed by atoms with Crippen LogP contribution < -0.4 is 15.8 Å². The van der Waals surface area contributed by atoms with Gasteiger partial charge in [-0.2, -0.15) is 8.42 Å². The summed E-state index contributed by atoms with van der Waals surface area (Å²) in [6.45, 7) is 10.1. The smallest absolute Gasteiger partial charge is 0.407 e. The number of nitrogens with one attached hydrogen (secondary N) is 1. The number of nitrogens with zero attached hydrogens (tertiary/aromatic N) is 2. The second kappa shape index (κ2) is 13.0. The number of carboxylic acids is 1. The molecule has 3 aromatic rings. The van der Waals surface area contributed by atoms with Crippen molar-refractivity contribution in [3.63, 3.8) is 0 Å². The predicted molar refractivity (Wildman–Crippen MR) is 186 cm³/mol. The molecule has 4 N–H and O–H groups in total. The zero-order valence-electron chi connectivity index (χ0n) is 28.6. The molecule has 260 valence electrons. The Hall–Kier alpha value is -4.58. The third-order valence-electron chi connectivity index (χ3n) is 10.4. The van der Waals surface area contributed by atoms with Crippen LogP contribution in [0.5, 0.6) is 5.75 Å². The zero-order chi connectivity index (χ0) is 35.2. The minimum atomic E-state index is -4.17. The third-order valence-corrected chi connectivity index (χ3v) is 11.9. The number of amides is 1. The number of hydrogen-bond donors (Lipinski definition) is 3. The Morgan fingerprint density at radius 3 is 2.20 bits per heavy atom. The van der Waals surface area contributed by atoms with Crippen LogP contribution in [0.15, 0.2) is 57.8 Å². The van der Waals surface area contributed by atoms with Crippen LogP contribution in [0.25, 0.3) is 11.1 Å². The monoisotopic (exact) mass is 688 g/mol. The highest BCUT2D eigenvalue weighted by molar-refractivity contribution is 7.90. The Kier molecular flexibility index (Phi) is 9.12. The van der Waals surface area contributed by atoms with E-state index >= 15 is 0 Å². The van der Waals surface area contributed by atoms with Crippen LogP contribution in [-0.2, 0) is 26.0 Å². The lowest BCUT2D eigenvalue weighted by Crippen LogP contribution is -2.51. The van der Waals surface area contributed by atoms with Crippen molar-refractivity contribution in [1.29, 1.82) is 0 Å². The van der Waals surface area contributed by atoms with Gasteiger partial charge in [0.1, 0.15) is 24.0 Å². The number of hydrogen-bond acceptors (Lipinski definition) is 6. The molecular formula is C37H44N4O7S. The number of benzene rings is 3. The molecule has 0 aromatic heterocycles. The van der Waals surface area contributed by atoms with Gasteiger partial charge in [0, 0.05) is 19.0 Å². The lowest BCUT2D eigenvalue weighted by molar-refractivity contribution is -0.141. The van der Waals surface area contributed by atoms with E-state index < -0.39 is 34.0 Å². The van der Waals surface area contributed by atoms with Gasteiger partial charge in [-0.05, 0) is 111 Å². The Bertz CT molecular complexity index is 1900. The molecule has 2 heterocycles. The number of sulfonamides is 1. The Labute approximate surface area is 287 Å². The molecule has 0 unspecified atom stereocenters. The molecule has 6 rings (SSSR count). The summed E-state index contributed by atoms with van der Waals surface area (Å²) in [5.41, 5.74) is 13.1. The number of alkyl carbamates (subject to hydrolysis) is 1. The first-order valence-corrected chi connectivity index (χ1v) is 18.1. The van der Waals surface area contributed by atoms with Gasteiger partial charge in [0.2, 0.25) is 5.96 Å². The van der Waals surface area contributed by atoms with Crippen LogP contribution in [0.1, 0.15) is 72.4 Å². The molecule has 1 atom stereocenters. The Balaban J connectivity index is 1.10.